The van der Waals surface area contributed by atoms with Crippen LogP contribution in [-0.2, 0) is 9.53 Å². The first-order valence-corrected chi connectivity index (χ1v) is 7.95. The van der Waals surface area contributed by atoms with E-state index in [0.29, 0.717) is 23.4 Å². The van der Waals surface area contributed by atoms with E-state index < -0.39 is 6.04 Å². The van der Waals surface area contributed by atoms with Gasteiger partial charge in [0.1, 0.15) is 5.69 Å². The third kappa shape index (κ3) is 5.09. The van der Waals surface area contributed by atoms with E-state index in [1.165, 1.54) is 11.3 Å². The van der Waals surface area contributed by atoms with E-state index in [1.807, 2.05) is 18.2 Å². The third-order valence-electron chi connectivity index (χ3n) is 3.62. The first-order valence-electron chi connectivity index (χ1n) is 7.13. The van der Waals surface area contributed by atoms with Gasteiger partial charge >= 0.3 is 0 Å². The normalized spacial score (nSPS) is 15.7. The Morgan fingerprint density at radius 2 is 2.04 bits per heavy atom. The molecule has 0 aliphatic carbocycles. The fourth-order valence-corrected chi connectivity index (χ4v) is 3.07. The molecule has 1 aliphatic rings. The van der Waals surface area contributed by atoms with Gasteiger partial charge in [0.25, 0.3) is 0 Å². The number of aromatic nitrogens is 3. The van der Waals surface area contributed by atoms with Crippen molar-refractivity contribution in [2.24, 2.45) is 11.7 Å². The number of nitrogens with one attached hydrogen (secondary N) is 1. The average molecular weight is 392 g/mol. The summed E-state index contributed by atoms with van der Waals surface area (Å²) < 4.78 is 5.29. The molecule has 1 aliphatic heterocycles. The van der Waals surface area contributed by atoms with Crippen LogP contribution >= 0.6 is 36.2 Å². The highest BCUT2D eigenvalue weighted by molar-refractivity contribution is 7.18. The number of pyridine rings is 1. The number of anilines is 1. The molecule has 3 N–H and O–H groups in total. The smallest absolute Gasteiger partial charge is 0.243 e. The quantitative estimate of drug-likeness (QED) is 0.827. The Morgan fingerprint density at radius 3 is 2.71 bits per heavy atom. The number of rotatable bonds is 4. The molecule has 1 atom stereocenters. The van der Waals surface area contributed by atoms with Crippen molar-refractivity contribution in [3.63, 3.8) is 0 Å². The van der Waals surface area contributed by atoms with Crippen molar-refractivity contribution < 1.29 is 9.53 Å². The summed E-state index contributed by atoms with van der Waals surface area (Å²) in [5, 5.41) is 11.9. The van der Waals surface area contributed by atoms with Crippen molar-refractivity contribution >= 4 is 47.2 Å². The van der Waals surface area contributed by atoms with Crippen LogP contribution in [0.2, 0.25) is 0 Å². The van der Waals surface area contributed by atoms with Crippen LogP contribution in [0.5, 0.6) is 0 Å². The monoisotopic (exact) mass is 391 g/mol. The Labute approximate surface area is 156 Å². The zero-order chi connectivity index (χ0) is 15.4. The maximum atomic E-state index is 12.2. The number of hydrogen-bond donors (Lipinski definition) is 2. The summed E-state index contributed by atoms with van der Waals surface area (Å²) in [5.74, 6) is -0.0763. The predicted molar refractivity (Wildman–Crippen MR) is 97.8 cm³/mol. The summed E-state index contributed by atoms with van der Waals surface area (Å²) in [7, 11) is 0. The maximum Gasteiger partial charge on any atom is 0.243 e. The zero-order valence-electron chi connectivity index (χ0n) is 12.8. The molecule has 1 saturated heterocycles. The van der Waals surface area contributed by atoms with E-state index in [9.17, 15) is 4.79 Å². The second kappa shape index (κ2) is 9.85. The summed E-state index contributed by atoms with van der Waals surface area (Å²) >= 11 is 1.28. The fourth-order valence-electron chi connectivity index (χ4n) is 2.34. The van der Waals surface area contributed by atoms with Crippen LogP contribution < -0.4 is 11.1 Å². The third-order valence-corrected chi connectivity index (χ3v) is 4.48. The number of nitrogens with zero attached hydrogens (tertiary/aromatic N) is 3. The van der Waals surface area contributed by atoms with Crippen molar-refractivity contribution in [1.82, 2.24) is 15.2 Å². The van der Waals surface area contributed by atoms with Crippen molar-refractivity contribution in [3.8, 4) is 10.7 Å². The van der Waals surface area contributed by atoms with E-state index >= 15 is 0 Å². The van der Waals surface area contributed by atoms with Crippen molar-refractivity contribution in [2.75, 3.05) is 18.5 Å². The van der Waals surface area contributed by atoms with Crippen LogP contribution in [0, 0.1) is 5.92 Å². The Kier molecular flexibility index (Phi) is 8.51. The number of ether oxygens (including phenoxy) is 1. The van der Waals surface area contributed by atoms with E-state index in [0.717, 1.165) is 18.5 Å². The first kappa shape index (κ1) is 20.7. The molecule has 1 unspecified atom stereocenters. The lowest BCUT2D eigenvalue weighted by Crippen LogP contribution is -2.43. The average Bonchev–Trinajstić information content (AvgIpc) is 3.04. The zero-order valence-corrected chi connectivity index (χ0v) is 15.2. The highest BCUT2D eigenvalue weighted by atomic mass is 35.5. The van der Waals surface area contributed by atoms with Crippen LogP contribution in [-0.4, -0.2) is 40.3 Å². The number of carbonyl (C=O) groups excluding carboxylic acids is 1. The molecule has 0 aromatic carbocycles. The van der Waals surface area contributed by atoms with Gasteiger partial charge in [-0.3, -0.25) is 15.1 Å². The largest absolute Gasteiger partial charge is 0.381 e. The Hall–Kier alpha value is -1.32. The number of amides is 1. The molecule has 0 spiro atoms. The van der Waals surface area contributed by atoms with Crippen LogP contribution in [0.15, 0.2) is 24.4 Å². The molecule has 3 rings (SSSR count). The SMILES string of the molecule is Cl.Cl.NC(C(=O)Nc1nnc(-c2ccccn2)s1)C1CCOCC1. The molecule has 1 amide bonds. The number of nitrogens with two attached hydrogens (primary N) is 1. The summed E-state index contributed by atoms with van der Waals surface area (Å²) in [4.78, 5) is 16.4. The van der Waals surface area contributed by atoms with Gasteiger partial charge in [0.15, 0.2) is 5.01 Å². The molecule has 1 fully saturated rings. The standard InChI is InChI=1S/C14H17N5O2S.2ClH/c15-11(9-4-7-21-8-5-9)12(20)17-14-19-18-13(22-14)10-3-1-2-6-16-10;;/h1-3,6,9,11H,4-5,7-8,15H2,(H,17,19,20);2*1H. The second-order valence-electron chi connectivity index (χ2n) is 5.09. The van der Waals surface area contributed by atoms with Gasteiger partial charge in [-0.1, -0.05) is 17.4 Å². The lowest BCUT2D eigenvalue weighted by Gasteiger charge is -2.26. The molecule has 3 heterocycles. The van der Waals surface area contributed by atoms with Crippen LogP contribution in [0.25, 0.3) is 10.7 Å². The molecule has 0 saturated carbocycles. The van der Waals surface area contributed by atoms with Gasteiger partial charge in [0, 0.05) is 19.4 Å². The van der Waals surface area contributed by atoms with Gasteiger partial charge in [-0.2, -0.15) is 0 Å². The predicted octanol–water partition coefficient (Wildman–Crippen LogP) is 2.14. The van der Waals surface area contributed by atoms with Crippen molar-refractivity contribution in [3.05, 3.63) is 24.4 Å². The summed E-state index contributed by atoms with van der Waals surface area (Å²) in [6, 6.07) is 5.01. The molecule has 2 aromatic heterocycles. The van der Waals surface area contributed by atoms with Crippen molar-refractivity contribution in [2.45, 2.75) is 18.9 Å². The van der Waals surface area contributed by atoms with E-state index in [1.54, 1.807) is 6.20 Å². The molecule has 2 aromatic rings. The molecule has 10 heteroatoms. The van der Waals surface area contributed by atoms with Gasteiger partial charge in [0.2, 0.25) is 11.0 Å². The van der Waals surface area contributed by atoms with E-state index in [-0.39, 0.29) is 36.6 Å². The molecule has 24 heavy (non-hydrogen) atoms. The summed E-state index contributed by atoms with van der Waals surface area (Å²) in [6.45, 7) is 1.32. The first-order chi connectivity index (χ1) is 10.7. The molecule has 132 valence electrons. The topological polar surface area (TPSA) is 103 Å². The van der Waals surface area contributed by atoms with Gasteiger partial charge in [-0.05, 0) is 30.9 Å². The fraction of sp³-hybridized carbons (Fsp3) is 0.429. The Bertz CT molecular complexity index is 637. The van der Waals surface area contributed by atoms with E-state index in [2.05, 4.69) is 20.5 Å². The summed E-state index contributed by atoms with van der Waals surface area (Å²) in [5.41, 5.74) is 6.76. The molecule has 0 radical (unpaired) electrons. The Morgan fingerprint density at radius 1 is 1.29 bits per heavy atom. The number of carbonyl (C=O) groups is 1. The molecule has 7 nitrogen and oxygen atoms in total. The van der Waals surface area contributed by atoms with Gasteiger partial charge in [-0.15, -0.1) is 35.0 Å². The van der Waals surface area contributed by atoms with Gasteiger partial charge in [0.05, 0.1) is 6.04 Å². The highest BCUT2D eigenvalue weighted by Crippen LogP contribution is 2.25. The lowest BCUT2D eigenvalue weighted by atomic mass is 9.92. The number of halogens is 2. The molecular formula is C14H19Cl2N5O2S. The number of hydrogen-bond acceptors (Lipinski definition) is 7. The summed E-state index contributed by atoms with van der Waals surface area (Å²) in [6.07, 6.45) is 3.31. The highest BCUT2D eigenvalue weighted by Gasteiger charge is 2.27. The van der Waals surface area contributed by atoms with E-state index in [4.69, 9.17) is 10.5 Å². The minimum absolute atomic E-state index is 0. The molecular weight excluding hydrogens is 373 g/mol. The van der Waals surface area contributed by atoms with Gasteiger partial charge in [-0.25, -0.2) is 0 Å². The Balaban J connectivity index is 0.00000144. The van der Waals surface area contributed by atoms with Gasteiger partial charge < -0.3 is 10.5 Å². The van der Waals surface area contributed by atoms with Crippen LogP contribution in [0.1, 0.15) is 12.8 Å². The van der Waals surface area contributed by atoms with Crippen molar-refractivity contribution in [1.29, 1.82) is 0 Å². The lowest BCUT2D eigenvalue weighted by molar-refractivity contribution is -0.119. The van der Waals surface area contributed by atoms with Crippen LogP contribution in [0.3, 0.4) is 0 Å². The minimum Gasteiger partial charge on any atom is -0.381 e. The minimum atomic E-state index is -0.550. The van der Waals surface area contributed by atoms with Crippen LogP contribution in [0.4, 0.5) is 5.13 Å². The maximum absolute atomic E-state index is 12.2. The second-order valence-corrected chi connectivity index (χ2v) is 6.07. The molecule has 0 bridgehead atoms.